The van der Waals surface area contributed by atoms with Crippen LogP contribution in [0.1, 0.15) is 16.8 Å². The van der Waals surface area contributed by atoms with E-state index in [1.807, 2.05) is 42.7 Å². The Morgan fingerprint density at radius 3 is 2.64 bits per heavy atom. The van der Waals surface area contributed by atoms with Crippen molar-refractivity contribution in [3.8, 4) is 0 Å². The molecule has 8 nitrogen and oxygen atoms in total. The third-order valence-electron chi connectivity index (χ3n) is 4.85. The molecule has 0 saturated heterocycles. The van der Waals surface area contributed by atoms with Gasteiger partial charge in [-0.3, -0.25) is 4.98 Å². The number of hydrogen-bond donors (Lipinski definition) is 3. The molecular formula is C23H22N8S2. The van der Waals surface area contributed by atoms with Gasteiger partial charge in [0.1, 0.15) is 4.70 Å². The van der Waals surface area contributed by atoms with Crippen LogP contribution in [0, 0.1) is 0 Å². The van der Waals surface area contributed by atoms with E-state index in [0.29, 0.717) is 17.3 Å². The van der Waals surface area contributed by atoms with E-state index in [0.717, 1.165) is 45.6 Å². The number of nitrogens with one attached hydrogen (secondary N) is 3. The number of aromatic amines is 1. The Balaban J connectivity index is 1.35. The smallest absolute Gasteiger partial charge is 0.191 e. The van der Waals surface area contributed by atoms with E-state index in [4.69, 9.17) is 15.0 Å². The molecule has 0 fully saturated rings. The number of benzene rings is 1. The molecule has 0 aliphatic rings. The van der Waals surface area contributed by atoms with Gasteiger partial charge in [0.15, 0.2) is 21.8 Å². The van der Waals surface area contributed by atoms with Gasteiger partial charge in [-0.2, -0.15) is 4.98 Å². The van der Waals surface area contributed by atoms with E-state index in [1.54, 1.807) is 35.6 Å². The van der Waals surface area contributed by atoms with Crippen molar-refractivity contribution in [2.75, 3.05) is 17.2 Å². The minimum absolute atomic E-state index is 0.628. The SMILES string of the molecule is c1ccc(CSc2nc(NCc3cccnc3)c3sc(NCCc4cnc[nH]4)nc3n2)cc1. The molecule has 0 atom stereocenters. The number of fused-ring (bicyclic) bond motifs is 1. The Kier molecular flexibility index (Phi) is 6.74. The first-order valence-corrected chi connectivity index (χ1v) is 12.3. The number of hydrogen-bond acceptors (Lipinski definition) is 9. The molecule has 166 valence electrons. The van der Waals surface area contributed by atoms with Gasteiger partial charge in [0.05, 0.1) is 6.33 Å². The van der Waals surface area contributed by atoms with Crippen molar-refractivity contribution in [2.45, 2.75) is 23.9 Å². The molecule has 5 aromatic rings. The topological polar surface area (TPSA) is 104 Å². The molecule has 33 heavy (non-hydrogen) atoms. The van der Waals surface area contributed by atoms with E-state index in [2.05, 4.69) is 37.7 Å². The average Bonchev–Trinajstić information content (AvgIpc) is 3.52. The fourth-order valence-corrected chi connectivity index (χ4v) is 4.89. The first-order chi connectivity index (χ1) is 16.3. The minimum Gasteiger partial charge on any atom is -0.365 e. The molecule has 0 aliphatic carbocycles. The van der Waals surface area contributed by atoms with Gasteiger partial charge in [-0.05, 0) is 17.2 Å². The standard InChI is InChI=1S/C23H22N8S2/c1-2-5-16(6-3-1)14-32-23-29-20(27-12-17-7-4-9-24-11-17)19-21(31-23)30-22(33-19)26-10-8-18-13-25-15-28-18/h1-7,9,11,13,15H,8,10,12,14H2,(H,25,28)(H2,26,27,29,30,31). The molecule has 1 aromatic carbocycles. The summed E-state index contributed by atoms with van der Waals surface area (Å²) in [5.74, 6) is 1.59. The van der Waals surface area contributed by atoms with Gasteiger partial charge in [0.25, 0.3) is 0 Å². The van der Waals surface area contributed by atoms with E-state index in [1.165, 1.54) is 5.56 Å². The first-order valence-electron chi connectivity index (χ1n) is 10.5. The first kappa shape index (κ1) is 21.4. The van der Waals surface area contributed by atoms with Gasteiger partial charge in [-0.15, -0.1) is 0 Å². The van der Waals surface area contributed by atoms with Gasteiger partial charge in [-0.25, -0.2) is 15.0 Å². The zero-order valence-corrected chi connectivity index (χ0v) is 19.4. The molecule has 0 unspecified atom stereocenters. The maximum atomic E-state index is 4.81. The molecule has 0 amide bonds. The van der Waals surface area contributed by atoms with Crippen LogP contribution in [-0.4, -0.2) is 36.4 Å². The highest BCUT2D eigenvalue weighted by Gasteiger charge is 2.14. The van der Waals surface area contributed by atoms with Gasteiger partial charge in [0, 0.05) is 49.5 Å². The maximum Gasteiger partial charge on any atom is 0.191 e. The minimum atomic E-state index is 0.628. The highest BCUT2D eigenvalue weighted by molar-refractivity contribution is 7.98. The molecule has 3 N–H and O–H groups in total. The van der Waals surface area contributed by atoms with Crippen LogP contribution in [0.3, 0.4) is 0 Å². The van der Waals surface area contributed by atoms with Crippen LogP contribution < -0.4 is 10.6 Å². The lowest BCUT2D eigenvalue weighted by molar-refractivity contribution is 0.966. The summed E-state index contributed by atoms with van der Waals surface area (Å²) in [4.78, 5) is 25.6. The van der Waals surface area contributed by atoms with Crippen LogP contribution in [0.15, 0.2) is 72.5 Å². The third-order valence-corrected chi connectivity index (χ3v) is 6.78. The lowest BCUT2D eigenvalue weighted by Crippen LogP contribution is -2.04. The monoisotopic (exact) mass is 474 g/mol. The number of H-pyrrole nitrogens is 1. The Labute approximate surface area is 199 Å². The number of pyridine rings is 1. The van der Waals surface area contributed by atoms with Crippen molar-refractivity contribution < 1.29 is 0 Å². The van der Waals surface area contributed by atoms with Crippen LogP contribution in [0.5, 0.6) is 0 Å². The number of nitrogens with zero attached hydrogens (tertiary/aromatic N) is 5. The van der Waals surface area contributed by atoms with Gasteiger partial charge in [-0.1, -0.05) is 59.5 Å². The lowest BCUT2D eigenvalue weighted by Gasteiger charge is -2.08. The molecular weight excluding hydrogens is 452 g/mol. The molecule has 0 aliphatic heterocycles. The van der Waals surface area contributed by atoms with Crippen molar-refractivity contribution >= 4 is 44.4 Å². The Bertz CT molecular complexity index is 1290. The number of thioether (sulfide) groups is 1. The average molecular weight is 475 g/mol. The summed E-state index contributed by atoms with van der Waals surface area (Å²) in [7, 11) is 0. The van der Waals surface area contributed by atoms with Crippen molar-refractivity contribution in [1.82, 2.24) is 29.9 Å². The van der Waals surface area contributed by atoms with Gasteiger partial charge < -0.3 is 15.6 Å². The predicted molar refractivity (Wildman–Crippen MR) is 134 cm³/mol. The number of imidazole rings is 1. The molecule has 5 rings (SSSR count). The highest BCUT2D eigenvalue weighted by Crippen LogP contribution is 2.33. The van der Waals surface area contributed by atoms with Crippen LogP contribution in [-0.2, 0) is 18.7 Å². The van der Waals surface area contributed by atoms with Gasteiger partial charge in [0.2, 0.25) is 0 Å². The van der Waals surface area contributed by atoms with E-state index < -0.39 is 0 Å². The summed E-state index contributed by atoms with van der Waals surface area (Å²) < 4.78 is 0.937. The number of aromatic nitrogens is 6. The largest absolute Gasteiger partial charge is 0.365 e. The Morgan fingerprint density at radius 1 is 0.909 bits per heavy atom. The van der Waals surface area contributed by atoms with Crippen molar-refractivity contribution in [3.05, 3.63) is 84.2 Å². The summed E-state index contributed by atoms with van der Waals surface area (Å²) >= 11 is 3.17. The molecule has 4 aromatic heterocycles. The second-order valence-electron chi connectivity index (χ2n) is 7.27. The number of anilines is 2. The lowest BCUT2D eigenvalue weighted by atomic mass is 10.2. The fraction of sp³-hybridized carbons (Fsp3) is 0.174. The quantitative estimate of drug-likeness (QED) is 0.197. The van der Waals surface area contributed by atoms with Crippen LogP contribution in [0.4, 0.5) is 10.9 Å². The zero-order valence-electron chi connectivity index (χ0n) is 17.7. The highest BCUT2D eigenvalue weighted by atomic mass is 32.2. The zero-order chi connectivity index (χ0) is 22.3. The fourth-order valence-electron chi connectivity index (χ4n) is 3.20. The third kappa shape index (κ3) is 5.65. The Morgan fingerprint density at radius 2 is 1.82 bits per heavy atom. The summed E-state index contributed by atoms with van der Waals surface area (Å²) in [5, 5.41) is 8.39. The number of thiazole rings is 1. The molecule has 10 heteroatoms. The predicted octanol–water partition coefficient (Wildman–Crippen LogP) is 4.76. The normalized spacial score (nSPS) is 11.0. The second-order valence-corrected chi connectivity index (χ2v) is 9.21. The molecule has 0 bridgehead atoms. The van der Waals surface area contributed by atoms with Crippen LogP contribution in [0.2, 0.25) is 0 Å². The second kappa shape index (κ2) is 10.4. The summed E-state index contributed by atoms with van der Waals surface area (Å²) in [6, 6.07) is 14.3. The van der Waals surface area contributed by atoms with Gasteiger partial charge >= 0.3 is 0 Å². The van der Waals surface area contributed by atoms with Crippen LogP contribution >= 0.6 is 23.1 Å². The molecule has 0 radical (unpaired) electrons. The van der Waals surface area contributed by atoms with Crippen molar-refractivity contribution in [1.29, 1.82) is 0 Å². The van der Waals surface area contributed by atoms with Crippen molar-refractivity contribution in [2.24, 2.45) is 0 Å². The molecule has 4 heterocycles. The Hall–Kier alpha value is -3.50. The molecule has 0 spiro atoms. The van der Waals surface area contributed by atoms with E-state index >= 15 is 0 Å². The van der Waals surface area contributed by atoms with E-state index in [-0.39, 0.29) is 0 Å². The summed E-state index contributed by atoms with van der Waals surface area (Å²) in [5.41, 5.74) is 4.10. The molecule has 0 saturated carbocycles. The summed E-state index contributed by atoms with van der Waals surface area (Å²) in [6.07, 6.45) is 7.99. The number of rotatable bonds is 10. The van der Waals surface area contributed by atoms with Crippen LogP contribution in [0.25, 0.3) is 10.3 Å². The maximum absolute atomic E-state index is 4.81. The summed E-state index contributed by atoms with van der Waals surface area (Å²) in [6.45, 7) is 1.38. The van der Waals surface area contributed by atoms with Crippen molar-refractivity contribution in [3.63, 3.8) is 0 Å². The van der Waals surface area contributed by atoms with E-state index in [9.17, 15) is 0 Å².